The molecule has 0 saturated carbocycles. The van der Waals surface area contributed by atoms with Gasteiger partial charge in [0.1, 0.15) is 12.2 Å². The van der Waals surface area contributed by atoms with Crippen LogP contribution in [0.4, 0.5) is 0 Å². The summed E-state index contributed by atoms with van der Waals surface area (Å²) >= 11 is 5.34. The fourth-order valence-electron chi connectivity index (χ4n) is 1.40. The van der Waals surface area contributed by atoms with Crippen LogP contribution in [0.3, 0.4) is 0 Å². The third-order valence-electron chi connectivity index (χ3n) is 2.72. The standard InChI is InChI=1S/C11H19ClO4.H3N/c1-4-11(5-2,6-3)16-10(14)9(13)15-8-7-12;/h4-8H2,1-3H3;1H3. The fourth-order valence-corrected chi connectivity index (χ4v) is 1.47. The molecule has 0 radical (unpaired) electrons. The Morgan fingerprint density at radius 1 is 1.06 bits per heavy atom. The molecule has 0 aromatic heterocycles. The Balaban J connectivity index is 0. The summed E-state index contributed by atoms with van der Waals surface area (Å²) in [6, 6.07) is 0. The van der Waals surface area contributed by atoms with E-state index in [2.05, 4.69) is 4.74 Å². The minimum absolute atomic E-state index is 0. The van der Waals surface area contributed by atoms with Crippen molar-refractivity contribution in [2.45, 2.75) is 45.6 Å². The van der Waals surface area contributed by atoms with Crippen LogP contribution in [0.15, 0.2) is 0 Å². The quantitative estimate of drug-likeness (QED) is 0.454. The highest BCUT2D eigenvalue weighted by molar-refractivity contribution is 6.29. The first kappa shape index (κ1) is 18.6. The summed E-state index contributed by atoms with van der Waals surface area (Å²) in [5.74, 6) is -1.74. The molecule has 0 aliphatic carbocycles. The monoisotopic (exact) mass is 267 g/mol. The van der Waals surface area contributed by atoms with Gasteiger partial charge in [0.05, 0.1) is 5.88 Å². The number of carbonyl (C=O) groups is 2. The van der Waals surface area contributed by atoms with Crippen molar-refractivity contribution < 1.29 is 19.1 Å². The molecule has 0 unspecified atom stereocenters. The van der Waals surface area contributed by atoms with Gasteiger partial charge in [-0.25, -0.2) is 9.59 Å². The number of carbonyl (C=O) groups excluding carboxylic acids is 2. The second-order valence-corrected chi connectivity index (χ2v) is 3.84. The number of hydrogen-bond donors (Lipinski definition) is 1. The second-order valence-electron chi connectivity index (χ2n) is 3.46. The molecule has 6 heteroatoms. The van der Waals surface area contributed by atoms with E-state index in [0.717, 1.165) is 0 Å². The molecule has 0 rings (SSSR count). The van der Waals surface area contributed by atoms with E-state index in [1.165, 1.54) is 0 Å². The average Bonchev–Trinajstić information content (AvgIpc) is 2.32. The lowest BCUT2D eigenvalue weighted by atomic mass is 9.94. The van der Waals surface area contributed by atoms with Crippen LogP contribution in [-0.2, 0) is 19.1 Å². The summed E-state index contributed by atoms with van der Waals surface area (Å²) in [5, 5.41) is 0. The van der Waals surface area contributed by atoms with Crippen LogP contribution in [0, 0.1) is 0 Å². The summed E-state index contributed by atoms with van der Waals surface area (Å²) in [5.41, 5.74) is -0.558. The van der Waals surface area contributed by atoms with E-state index < -0.39 is 17.5 Å². The van der Waals surface area contributed by atoms with Gasteiger partial charge in [-0.2, -0.15) is 0 Å². The van der Waals surface area contributed by atoms with Gasteiger partial charge in [-0.15, -0.1) is 11.6 Å². The highest BCUT2D eigenvalue weighted by atomic mass is 35.5. The van der Waals surface area contributed by atoms with Crippen molar-refractivity contribution in [3.63, 3.8) is 0 Å². The first-order chi connectivity index (χ1) is 7.55. The maximum absolute atomic E-state index is 11.4. The molecule has 0 aliphatic rings. The molecule has 0 atom stereocenters. The van der Waals surface area contributed by atoms with E-state index in [0.29, 0.717) is 19.3 Å². The van der Waals surface area contributed by atoms with Crippen LogP contribution < -0.4 is 6.15 Å². The molecular formula is C11H22ClNO4. The number of alkyl halides is 1. The summed E-state index contributed by atoms with van der Waals surface area (Å²) in [6.07, 6.45) is 2.03. The molecule has 0 saturated heterocycles. The third kappa shape index (κ3) is 5.89. The zero-order valence-electron chi connectivity index (χ0n) is 10.8. The van der Waals surface area contributed by atoms with Crippen LogP contribution in [0.2, 0.25) is 0 Å². The maximum atomic E-state index is 11.4. The SMILES string of the molecule is CCC(CC)(CC)OC(=O)C(=O)OCCCl.N. The molecule has 0 aromatic rings. The molecular weight excluding hydrogens is 246 g/mol. The Bertz CT molecular complexity index is 233. The highest BCUT2D eigenvalue weighted by Crippen LogP contribution is 2.24. The van der Waals surface area contributed by atoms with Crippen LogP contribution in [0.5, 0.6) is 0 Å². The summed E-state index contributed by atoms with van der Waals surface area (Å²) < 4.78 is 9.77. The molecule has 0 bridgehead atoms. The van der Waals surface area contributed by atoms with Gasteiger partial charge in [0.15, 0.2) is 0 Å². The number of hydrogen-bond acceptors (Lipinski definition) is 5. The molecule has 0 amide bonds. The van der Waals surface area contributed by atoms with E-state index in [1.807, 2.05) is 20.8 Å². The van der Waals surface area contributed by atoms with Gasteiger partial charge in [-0.1, -0.05) is 20.8 Å². The van der Waals surface area contributed by atoms with Gasteiger partial charge < -0.3 is 15.6 Å². The summed E-state index contributed by atoms with van der Waals surface area (Å²) in [4.78, 5) is 22.6. The van der Waals surface area contributed by atoms with Crippen LogP contribution in [-0.4, -0.2) is 30.0 Å². The molecule has 3 N–H and O–H groups in total. The largest absolute Gasteiger partial charge is 0.456 e. The lowest BCUT2D eigenvalue weighted by Crippen LogP contribution is -2.36. The minimum Gasteiger partial charge on any atom is -0.456 e. The number of esters is 2. The topological polar surface area (TPSA) is 87.6 Å². The van der Waals surface area contributed by atoms with Crippen molar-refractivity contribution in [1.82, 2.24) is 6.15 Å². The second kappa shape index (κ2) is 9.24. The summed E-state index contributed by atoms with van der Waals surface area (Å²) in [7, 11) is 0. The number of rotatable bonds is 6. The predicted molar refractivity (Wildman–Crippen MR) is 66.4 cm³/mol. The Morgan fingerprint density at radius 3 is 1.88 bits per heavy atom. The van der Waals surface area contributed by atoms with Gasteiger partial charge in [0, 0.05) is 0 Å². The van der Waals surface area contributed by atoms with Crippen molar-refractivity contribution in [3.05, 3.63) is 0 Å². The van der Waals surface area contributed by atoms with Crippen molar-refractivity contribution >= 4 is 23.5 Å². The molecule has 0 heterocycles. The predicted octanol–water partition coefficient (Wildman–Crippen LogP) is 2.44. The molecule has 0 aromatic carbocycles. The fraction of sp³-hybridized carbons (Fsp3) is 0.818. The van der Waals surface area contributed by atoms with Crippen LogP contribution in [0.1, 0.15) is 40.0 Å². The Kier molecular flexibility index (Phi) is 10.1. The van der Waals surface area contributed by atoms with Crippen molar-refractivity contribution in [2.75, 3.05) is 12.5 Å². The molecule has 0 spiro atoms. The van der Waals surface area contributed by atoms with Crippen LogP contribution in [0.25, 0.3) is 0 Å². The van der Waals surface area contributed by atoms with E-state index in [1.54, 1.807) is 0 Å². The van der Waals surface area contributed by atoms with Gasteiger partial charge in [0.2, 0.25) is 0 Å². The van der Waals surface area contributed by atoms with Gasteiger partial charge in [0.25, 0.3) is 0 Å². The molecule has 0 aliphatic heterocycles. The van der Waals surface area contributed by atoms with Crippen molar-refractivity contribution in [1.29, 1.82) is 0 Å². The van der Waals surface area contributed by atoms with E-state index in [-0.39, 0.29) is 18.6 Å². The van der Waals surface area contributed by atoms with Crippen molar-refractivity contribution in [3.8, 4) is 0 Å². The molecule has 17 heavy (non-hydrogen) atoms. The molecule has 0 fully saturated rings. The van der Waals surface area contributed by atoms with Crippen LogP contribution >= 0.6 is 11.6 Å². The highest BCUT2D eigenvalue weighted by Gasteiger charge is 2.31. The zero-order valence-corrected chi connectivity index (χ0v) is 11.5. The van der Waals surface area contributed by atoms with Gasteiger partial charge >= 0.3 is 11.9 Å². The summed E-state index contributed by atoms with van der Waals surface area (Å²) in [6.45, 7) is 5.78. The van der Waals surface area contributed by atoms with Gasteiger partial charge in [-0.05, 0) is 19.3 Å². The molecule has 102 valence electrons. The Labute approximate surface area is 107 Å². The first-order valence-electron chi connectivity index (χ1n) is 5.51. The maximum Gasteiger partial charge on any atom is 0.418 e. The average molecular weight is 268 g/mol. The number of ether oxygens (including phenoxy) is 2. The van der Waals surface area contributed by atoms with Gasteiger partial charge in [-0.3, -0.25) is 0 Å². The first-order valence-corrected chi connectivity index (χ1v) is 6.04. The Morgan fingerprint density at radius 2 is 1.53 bits per heavy atom. The van der Waals surface area contributed by atoms with E-state index in [9.17, 15) is 9.59 Å². The lowest BCUT2D eigenvalue weighted by molar-refractivity contribution is -0.178. The smallest absolute Gasteiger partial charge is 0.418 e. The van der Waals surface area contributed by atoms with E-state index in [4.69, 9.17) is 16.3 Å². The van der Waals surface area contributed by atoms with Crippen molar-refractivity contribution in [2.24, 2.45) is 0 Å². The third-order valence-corrected chi connectivity index (χ3v) is 2.87. The Hall–Kier alpha value is -0.810. The minimum atomic E-state index is -0.972. The van der Waals surface area contributed by atoms with E-state index >= 15 is 0 Å². The number of halogens is 1. The molecule has 5 nitrogen and oxygen atoms in total. The normalized spacial score (nSPS) is 10.4. The zero-order chi connectivity index (χ0) is 12.6. The lowest BCUT2D eigenvalue weighted by Gasteiger charge is -2.29.